The smallest absolute Gasteiger partial charge is 0.260 e. The topological polar surface area (TPSA) is 58.6 Å². The van der Waals surface area contributed by atoms with Crippen LogP contribution in [0.2, 0.25) is 0 Å². The molecule has 1 atom stereocenters. The van der Waals surface area contributed by atoms with Crippen LogP contribution >= 0.6 is 0 Å². The number of para-hydroxylation sites is 1. The van der Waals surface area contributed by atoms with E-state index >= 15 is 0 Å². The van der Waals surface area contributed by atoms with Crippen LogP contribution in [0.3, 0.4) is 0 Å². The van der Waals surface area contributed by atoms with Crippen molar-refractivity contribution < 1.29 is 14.3 Å². The second kappa shape index (κ2) is 8.37. The first-order valence-corrected chi connectivity index (χ1v) is 9.37. The second-order valence-corrected chi connectivity index (χ2v) is 7.32. The molecule has 2 amide bonds. The van der Waals surface area contributed by atoms with E-state index in [1.54, 1.807) is 4.90 Å². The number of rotatable bonds is 7. The Balaban J connectivity index is 1.35. The van der Waals surface area contributed by atoms with Crippen LogP contribution in [0.15, 0.2) is 30.3 Å². The minimum absolute atomic E-state index is 0.00920. The summed E-state index contributed by atoms with van der Waals surface area (Å²) in [5.74, 6) is 2.27. The molecule has 0 unspecified atom stereocenters. The van der Waals surface area contributed by atoms with E-state index in [0.717, 1.165) is 25.3 Å². The average Bonchev–Trinajstić information content (AvgIpc) is 3.50. The maximum Gasteiger partial charge on any atom is 0.260 e. The second-order valence-electron chi connectivity index (χ2n) is 7.32. The molecular formula is C20H28N2O3. The molecule has 1 saturated heterocycles. The molecule has 1 N–H and O–H groups in total. The fourth-order valence-electron chi connectivity index (χ4n) is 3.38. The summed E-state index contributed by atoms with van der Waals surface area (Å²) in [6.45, 7) is 4.32. The third kappa shape index (κ3) is 5.21. The Morgan fingerprint density at radius 2 is 1.84 bits per heavy atom. The third-order valence-corrected chi connectivity index (χ3v) is 5.35. The van der Waals surface area contributed by atoms with Gasteiger partial charge in [-0.05, 0) is 49.7 Å². The number of benzene rings is 1. The summed E-state index contributed by atoms with van der Waals surface area (Å²) in [4.78, 5) is 26.3. The van der Waals surface area contributed by atoms with Crippen molar-refractivity contribution in [3.63, 3.8) is 0 Å². The van der Waals surface area contributed by atoms with Gasteiger partial charge in [-0.15, -0.1) is 0 Å². The molecule has 5 heteroatoms. The van der Waals surface area contributed by atoms with E-state index in [9.17, 15) is 9.59 Å². The monoisotopic (exact) mass is 344 g/mol. The van der Waals surface area contributed by atoms with Gasteiger partial charge in [0.05, 0.1) is 0 Å². The maximum absolute atomic E-state index is 12.3. The molecule has 0 bridgehead atoms. The highest BCUT2D eigenvalue weighted by molar-refractivity contribution is 5.80. The van der Waals surface area contributed by atoms with E-state index in [2.05, 4.69) is 12.2 Å². The molecule has 1 saturated carbocycles. The Labute approximate surface area is 149 Å². The molecule has 1 heterocycles. The first-order chi connectivity index (χ1) is 12.1. The highest BCUT2D eigenvalue weighted by Gasteiger charge is 2.30. The van der Waals surface area contributed by atoms with Crippen molar-refractivity contribution in [2.75, 3.05) is 26.2 Å². The minimum Gasteiger partial charge on any atom is -0.484 e. The third-order valence-electron chi connectivity index (χ3n) is 5.35. The lowest BCUT2D eigenvalue weighted by Gasteiger charge is -2.31. The number of piperidine rings is 1. The molecule has 0 radical (unpaired) electrons. The molecule has 25 heavy (non-hydrogen) atoms. The van der Waals surface area contributed by atoms with Crippen LogP contribution in [-0.4, -0.2) is 43.0 Å². The molecule has 1 aromatic carbocycles. The number of amides is 2. The summed E-state index contributed by atoms with van der Waals surface area (Å²) in [7, 11) is 0. The summed E-state index contributed by atoms with van der Waals surface area (Å²) < 4.78 is 5.52. The van der Waals surface area contributed by atoms with Crippen LogP contribution in [0.25, 0.3) is 0 Å². The molecule has 0 spiro atoms. The maximum atomic E-state index is 12.3. The molecule has 2 fully saturated rings. The summed E-state index contributed by atoms with van der Waals surface area (Å²) >= 11 is 0. The van der Waals surface area contributed by atoms with Gasteiger partial charge in [-0.2, -0.15) is 0 Å². The van der Waals surface area contributed by atoms with Gasteiger partial charge in [0.25, 0.3) is 5.91 Å². The lowest BCUT2D eigenvalue weighted by Crippen LogP contribution is -2.45. The molecule has 3 rings (SSSR count). The van der Waals surface area contributed by atoms with Crippen molar-refractivity contribution in [1.29, 1.82) is 0 Å². The van der Waals surface area contributed by atoms with Gasteiger partial charge in [0, 0.05) is 25.6 Å². The molecule has 5 nitrogen and oxygen atoms in total. The van der Waals surface area contributed by atoms with Gasteiger partial charge in [-0.25, -0.2) is 0 Å². The number of nitrogens with zero attached hydrogens (tertiary/aromatic N) is 1. The van der Waals surface area contributed by atoms with E-state index in [0.29, 0.717) is 24.8 Å². The Kier molecular flexibility index (Phi) is 5.95. The summed E-state index contributed by atoms with van der Waals surface area (Å²) in [5.41, 5.74) is 0. The number of ether oxygens (including phenoxy) is 1. The minimum atomic E-state index is -0.00920. The molecule has 0 aromatic heterocycles. The van der Waals surface area contributed by atoms with Crippen molar-refractivity contribution in [1.82, 2.24) is 10.2 Å². The molecule has 1 aromatic rings. The number of carbonyl (C=O) groups is 2. The highest BCUT2D eigenvalue weighted by Crippen LogP contribution is 2.36. The zero-order chi connectivity index (χ0) is 17.6. The Hall–Kier alpha value is -2.04. The van der Waals surface area contributed by atoms with Crippen LogP contribution in [0.1, 0.15) is 32.6 Å². The first-order valence-electron chi connectivity index (χ1n) is 9.37. The summed E-state index contributed by atoms with van der Waals surface area (Å²) in [5, 5.41) is 3.10. The summed E-state index contributed by atoms with van der Waals surface area (Å²) in [6, 6.07) is 9.36. The van der Waals surface area contributed by atoms with Crippen molar-refractivity contribution in [3.05, 3.63) is 30.3 Å². The molecule has 1 aliphatic heterocycles. The van der Waals surface area contributed by atoms with E-state index in [-0.39, 0.29) is 24.3 Å². The number of nitrogens with one attached hydrogen (secondary N) is 1. The van der Waals surface area contributed by atoms with Crippen LogP contribution < -0.4 is 10.1 Å². The zero-order valence-electron chi connectivity index (χ0n) is 14.9. The van der Waals surface area contributed by atoms with Crippen molar-refractivity contribution >= 4 is 11.8 Å². The van der Waals surface area contributed by atoms with Crippen LogP contribution in [0.5, 0.6) is 5.75 Å². The van der Waals surface area contributed by atoms with Crippen LogP contribution in [0, 0.1) is 17.8 Å². The van der Waals surface area contributed by atoms with Crippen molar-refractivity contribution in [2.45, 2.75) is 32.6 Å². The van der Waals surface area contributed by atoms with Gasteiger partial charge in [-0.1, -0.05) is 25.1 Å². The van der Waals surface area contributed by atoms with Gasteiger partial charge in [0.2, 0.25) is 5.91 Å². The summed E-state index contributed by atoms with van der Waals surface area (Å²) in [6.07, 6.45) is 4.09. The highest BCUT2D eigenvalue weighted by atomic mass is 16.5. The normalized spacial score (nSPS) is 19.3. The number of likely N-dealkylation sites (tertiary alicyclic amines) is 1. The van der Waals surface area contributed by atoms with E-state index in [4.69, 9.17) is 4.74 Å². The lowest BCUT2D eigenvalue weighted by molar-refractivity contribution is -0.137. The predicted octanol–water partition coefficient (Wildman–Crippen LogP) is 2.47. The van der Waals surface area contributed by atoms with Gasteiger partial charge < -0.3 is 15.0 Å². The van der Waals surface area contributed by atoms with E-state index in [1.165, 1.54) is 12.8 Å². The lowest BCUT2D eigenvalue weighted by atomic mass is 9.95. The Morgan fingerprint density at radius 1 is 1.16 bits per heavy atom. The van der Waals surface area contributed by atoms with E-state index < -0.39 is 0 Å². The molecule has 136 valence electrons. The van der Waals surface area contributed by atoms with Gasteiger partial charge in [0.1, 0.15) is 5.75 Å². The largest absolute Gasteiger partial charge is 0.484 e. The van der Waals surface area contributed by atoms with Crippen LogP contribution in [-0.2, 0) is 9.59 Å². The standard InChI is InChI=1S/C20H28N2O3/c1-15(16-7-8-16)13-21-20(24)17-9-11-22(12-10-17)19(23)14-25-18-5-3-2-4-6-18/h2-6,15-17H,7-14H2,1H3,(H,21,24)/t15-/m0/s1. The Morgan fingerprint density at radius 3 is 2.48 bits per heavy atom. The van der Waals surface area contributed by atoms with Gasteiger partial charge >= 0.3 is 0 Å². The molecular weight excluding hydrogens is 316 g/mol. The van der Waals surface area contributed by atoms with Gasteiger partial charge in [0.15, 0.2) is 6.61 Å². The fourth-order valence-corrected chi connectivity index (χ4v) is 3.38. The van der Waals surface area contributed by atoms with Gasteiger partial charge in [-0.3, -0.25) is 9.59 Å². The quantitative estimate of drug-likeness (QED) is 0.827. The van der Waals surface area contributed by atoms with Crippen molar-refractivity contribution in [2.24, 2.45) is 17.8 Å². The first kappa shape index (κ1) is 17.8. The fraction of sp³-hybridized carbons (Fsp3) is 0.600. The van der Waals surface area contributed by atoms with E-state index in [1.807, 2.05) is 30.3 Å². The van der Waals surface area contributed by atoms with Crippen molar-refractivity contribution in [3.8, 4) is 5.75 Å². The number of hydrogen-bond acceptors (Lipinski definition) is 3. The zero-order valence-corrected chi connectivity index (χ0v) is 14.9. The SMILES string of the molecule is C[C@@H](CNC(=O)C1CCN(C(=O)COc2ccccc2)CC1)C1CC1. The average molecular weight is 344 g/mol. The molecule has 2 aliphatic rings. The Bertz CT molecular complexity index is 578. The molecule has 1 aliphatic carbocycles. The number of hydrogen-bond donors (Lipinski definition) is 1. The van der Waals surface area contributed by atoms with Crippen LogP contribution in [0.4, 0.5) is 0 Å². The predicted molar refractivity (Wildman–Crippen MR) is 96.1 cm³/mol. The number of carbonyl (C=O) groups excluding carboxylic acids is 2.